The highest BCUT2D eigenvalue weighted by Crippen LogP contribution is 2.30. The van der Waals surface area contributed by atoms with Crippen LogP contribution in [-0.4, -0.2) is 34.8 Å². The fourth-order valence-electron chi connectivity index (χ4n) is 2.82. The molecule has 1 aromatic heterocycles. The summed E-state index contributed by atoms with van der Waals surface area (Å²) in [5.74, 6) is -0.473. The molecule has 136 valence electrons. The van der Waals surface area contributed by atoms with Crippen molar-refractivity contribution in [2.24, 2.45) is 5.41 Å². The van der Waals surface area contributed by atoms with E-state index in [0.29, 0.717) is 25.1 Å². The lowest BCUT2D eigenvalue weighted by atomic mass is 9.81. The van der Waals surface area contributed by atoms with Gasteiger partial charge in [-0.15, -0.1) is 0 Å². The van der Waals surface area contributed by atoms with Crippen LogP contribution in [0.3, 0.4) is 0 Å². The molecule has 5 nitrogen and oxygen atoms in total. The average molecular weight is 355 g/mol. The molecule has 8 heteroatoms. The molecule has 0 radical (unpaired) electrons. The van der Waals surface area contributed by atoms with Gasteiger partial charge in [0.25, 0.3) is 0 Å². The molecule has 2 amide bonds. The van der Waals surface area contributed by atoms with Gasteiger partial charge in [-0.3, -0.25) is 14.6 Å². The number of hydrogen-bond acceptors (Lipinski definition) is 3. The zero-order valence-corrected chi connectivity index (χ0v) is 13.9. The number of piperidine rings is 1. The van der Waals surface area contributed by atoms with Crippen LogP contribution in [0.25, 0.3) is 0 Å². The van der Waals surface area contributed by atoms with Crippen LogP contribution in [0.5, 0.6) is 0 Å². The Balaban J connectivity index is 1.97. The Hall–Kier alpha value is -2.38. The first-order chi connectivity index (χ1) is 11.7. The fraction of sp³-hybridized carbons (Fsp3) is 0.471. The average Bonchev–Trinajstić information content (AvgIpc) is 2.58. The summed E-state index contributed by atoms with van der Waals surface area (Å²) in [5, 5.41) is 2.70. The number of hydrogen-bond donors (Lipinski definition) is 1. The Bertz CT molecular complexity index is 658. The summed E-state index contributed by atoms with van der Waals surface area (Å²) in [7, 11) is 0. The van der Waals surface area contributed by atoms with Crippen molar-refractivity contribution in [2.75, 3.05) is 13.1 Å². The van der Waals surface area contributed by atoms with Gasteiger partial charge in [0, 0.05) is 19.3 Å². The van der Waals surface area contributed by atoms with Gasteiger partial charge in [0.05, 0.1) is 23.2 Å². The Morgan fingerprint density at radius 2 is 2.16 bits per heavy atom. The van der Waals surface area contributed by atoms with Crippen molar-refractivity contribution < 1.29 is 22.8 Å². The van der Waals surface area contributed by atoms with Gasteiger partial charge in [0.15, 0.2) is 0 Å². The maximum atomic E-state index is 12.5. The number of nitrogens with one attached hydrogen (secondary N) is 1. The molecular formula is C17H20F3N3O2. The molecule has 0 aromatic carbocycles. The van der Waals surface area contributed by atoms with E-state index in [1.807, 2.05) is 0 Å². The van der Waals surface area contributed by atoms with Crippen LogP contribution in [0, 0.1) is 5.41 Å². The van der Waals surface area contributed by atoms with Gasteiger partial charge in [-0.05, 0) is 38.0 Å². The molecule has 1 aliphatic rings. The van der Waals surface area contributed by atoms with Crippen molar-refractivity contribution in [3.8, 4) is 0 Å². The van der Waals surface area contributed by atoms with E-state index in [4.69, 9.17) is 0 Å². The van der Waals surface area contributed by atoms with Crippen LogP contribution in [0.15, 0.2) is 31.0 Å². The Kier molecular flexibility index (Phi) is 5.49. The normalized spacial score (nSPS) is 20.9. The molecule has 2 heterocycles. The number of rotatable bonds is 4. The van der Waals surface area contributed by atoms with Crippen molar-refractivity contribution in [1.82, 2.24) is 15.2 Å². The number of nitrogens with zero attached hydrogens (tertiary/aromatic N) is 2. The Labute approximate surface area is 143 Å². The molecule has 1 aromatic rings. The van der Waals surface area contributed by atoms with Gasteiger partial charge in [-0.25, -0.2) is 0 Å². The summed E-state index contributed by atoms with van der Waals surface area (Å²) >= 11 is 0. The summed E-state index contributed by atoms with van der Waals surface area (Å²) < 4.78 is 37.5. The number of pyridine rings is 1. The number of likely N-dealkylation sites (tertiary alicyclic amines) is 1. The molecular weight excluding hydrogens is 335 g/mol. The second-order valence-corrected chi connectivity index (χ2v) is 6.35. The van der Waals surface area contributed by atoms with Crippen LogP contribution >= 0.6 is 0 Å². The molecule has 1 fully saturated rings. The zero-order valence-electron chi connectivity index (χ0n) is 13.9. The SMILES string of the molecule is C=CC(=O)N1CCCC(C)(C(=O)NCc2ccc(C(F)(F)F)cn2)C1. The maximum Gasteiger partial charge on any atom is 0.417 e. The van der Waals surface area contributed by atoms with E-state index in [2.05, 4.69) is 16.9 Å². The lowest BCUT2D eigenvalue weighted by Crippen LogP contribution is -2.51. The van der Waals surface area contributed by atoms with E-state index in [1.54, 1.807) is 11.8 Å². The molecule has 25 heavy (non-hydrogen) atoms. The molecule has 1 atom stereocenters. The number of halogens is 3. The number of amides is 2. The summed E-state index contributed by atoms with van der Waals surface area (Å²) in [6, 6.07) is 2.17. The van der Waals surface area contributed by atoms with E-state index < -0.39 is 17.2 Å². The van der Waals surface area contributed by atoms with Crippen LogP contribution in [0.4, 0.5) is 13.2 Å². The molecule has 0 saturated carbocycles. The molecule has 0 bridgehead atoms. The third kappa shape index (κ3) is 4.58. The van der Waals surface area contributed by atoms with E-state index in [-0.39, 0.29) is 24.9 Å². The highest BCUT2D eigenvalue weighted by Gasteiger charge is 2.38. The molecule has 1 unspecified atom stereocenters. The minimum Gasteiger partial charge on any atom is -0.350 e. The molecule has 0 spiro atoms. The summed E-state index contributed by atoms with van der Waals surface area (Å²) in [6.45, 7) is 6.11. The zero-order chi connectivity index (χ0) is 18.7. The standard InChI is InChI=1S/C17H20F3N3O2/c1-3-14(24)23-8-4-7-16(2,11-23)15(25)22-10-13-6-5-12(9-21-13)17(18,19)20/h3,5-6,9H,1,4,7-8,10-11H2,2H3,(H,22,25). The first kappa shape index (κ1) is 19.0. The van der Waals surface area contributed by atoms with Gasteiger partial charge < -0.3 is 10.2 Å². The highest BCUT2D eigenvalue weighted by molar-refractivity contribution is 5.88. The molecule has 1 saturated heterocycles. The molecule has 2 rings (SSSR count). The minimum atomic E-state index is -4.44. The predicted octanol–water partition coefficient (Wildman–Crippen LogP) is 2.53. The highest BCUT2D eigenvalue weighted by atomic mass is 19.4. The van der Waals surface area contributed by atoms with Crippen molar-refractivity contribution in [3.63, 3.8) is 0 Å². The smallest absolute Gasteiger partial charge is 0.350 e. The summed E-state index contributed by atoms with van der Waals surface area (Å²) in [5.41, 5.74) is -1.25. The second kappa shape index (κ2) is 7.25. The van der Waals surface area contributed by atoms with Crippen molar-refractivity contribution in [1.29, 1.82) is 0 Å². The Morgan fingerprint density at radius 3 is 2.72 bits per heavy atom. The monoisotopic (exact) mass is 355 g/mol. The minimum absolute atomic E-state index is 0.0297. The number of carbonyl (C=O) groups excluding carboxylic acids is 2. The van der Waals surface area contributed by atoms with Crippen molar-refractivity contribution in [2.45, 2.75) is 32.5 Å². The van der Waals surface area contributed by atoms with Crippen LogP contribution in [-0.2, 0) is 22.3 Å². The van der Waals surface area contributed by atoms with Crippen LogP contribution < -0.4 is 5.32 Å². The van der Waals surface area contributed by atoms with E-state index in [0.717, 1.165) is 12.3 Å². The Morgan fingerprint density at radius 1 is 1.44 bits per heavy atom. The van der Waals surface area contributed by atoms with Crippen molar-refractivity contribution >= 4 is 11.8 Å². The molecule has 0 aliphatic carbocycles. The number of aromatic nitrogens is 1. The summed E-state index contributed by atoms with van der Waals surface area (Å²) in [4.78, 5) is 29.5. The first-order valence-corrected chi connectivity index (χ1v) is 7.87. The van der Waals surface area contributed by atoms with Gasteiger partial charge in [-0.1, -0.05) is 6.58 Å². The third-order valence-electron chi connectivity index (χ3n) is 4.31. The van der Waals surface area contributed by atoms with Gasteiger partial charge in [0.1, 0.15) is 0 Å². The van der Waals surface area contributed by atoms with Crippen LogP contribution in [0.2, 0.25) is 0 Å². The van der Waals surface area contributed by atoms with E-state index in [9.17, 15) is 22.8 Å². The second-order valence-electron chi connectivity index (χ2n) is 6.35. The predicted molar refractivity (Wildman–Crippen MR) is 85.2 cm³/mol. The van der Waals surface area contributed by atoms with Gasteiger partial charge in [0.2, 0.25) is 11.8 Å². The van der Waals surface area contributed by atoms with E-state index >= 15 is 0 Å². The van der Waals surface area contributed by atoms with Gasteiger partial charge in [-0.2, -0.15) is 13.2 Å². The third-order valence-corrected chi connectivity index (χ3v) is 4.31. The molecule has 1 N–H and O–H groups in total. The number of carbonyl (C=O) groups is 2. The summed E-state index contributed by atoms with van der Waals surface area (Å²) in [6.07, 6.45) is -1.15. The maximum absolute atomic E-state index is 12.5. The largest absolute Gasteiger partial charge is 0.417 e. The van der Waals surface area contributed by atoms with Crippen molar-refractivity contribution in [3.05, 3.63) is 42.2 Å². The quantitative estimate of drug-likeness (QED) is 0.845. The lowest BCUT2D eigenvalue weighted by molar-refractivity contribution is -0.139. The van der Waals surface area contributed by atoms with E-state index in [1.165, 1.54) is 12.1 Å². The number of alkyl halides is 3. The fourth-order valence-corrected chi connectivity index (χ4v) is 2.82. The van der Waals surface area contributed by atoms with Gasteiger partial charge >= 0.3 is 6.18 Å². The first-order valence-electron chi connectivity index (χ1n) is 7.87. The lowest BCUT2D eigenvalue weighted by Gasteiger charge is -2.38. The topological polar surface area (TPSA) is 62.3 Å². The van der Waals surface area contributed by atoms with Crippen LogP contribution in [0.1, 0.15) is 31.0 Å². The molecule has 1 aliphatic heterocycles.